The van der Waals surface area contributed by atoms with Crippen LogP contribution in [0, 0.1) is 0 Å². The lowest BCUT2D eigenvalue weighted by Crippen LogP contribution is -2.27. The first-order valence-electron chi connectivity index (χ1n) is 15.4. The molecule has 5 nitrogen and oxygen atoms in total. The van der Waals surface area contributed by atoms with E-state index in [2.05, 4.69) is 89.5 Å². The molecule has 2 heterocycles. The first-order valence-corrected chi connectivity index (χ1v) is 16.2. The van der Waals surface area contributed by atoms with Crippen LogP contribution in [0.25, 0.3) is 0 Å². The summed E-state index contributed by atoms with van der Waals surface area (Å²) in [5, 5.41) is 11.0. The summed E-state index contributed by atoms with van der Waals surface area (Å²) in [5.41, 5.74) is 10.1. The van der Waals surface area contributed by atoms with Crippen LogP contribution < -0.4 is 9.80 Å². The minimum absolute atomic E-state index is 0.0895. The average molecular weight is 629 g/mol. The minimum atomic E-state index is -0.0895. The van der Waals surface area contributed by atoms with Crippen molar-refractivity contribution in [3.8, 4) is 0 Å². The van der Waals surface area contributed by atoms with Crippen molar-refractivity contribution in [1.82, 2.24) is 0 Å². The Balaban J connectivity index is 0.000000906. The van der Waals surface area contributed by atoms with Gasteiger partial charge in [-0.15, -0.1) is 5.16 Å². The second kappa shape index (κ2) is 14.3. The van der Waals surface area contributed by atoms with Crippen LogP contribution in [0.5, 0.6) is 0 Å². The number of unbranched alkanes of at least 4 members (excludes halogenated alkanes) is 2. The van der Waals surface area contributed by atoms with Crippen LogP contribution in [-0.2, 0) is 12.8 Å². The summed E-state index contributed by atoms with van der Waals surface area (Å²) >= 11 is 13.8. The lowest BCUT2D eigenvalue weighted by Gasteiger charge is -2.36. The monoisotopic (exact) mass is 627 g/mol. The minimum Gasteiger partial charge on any atom is -0.411 e. The molecule has 44 heavy (non-hydrogen) atoms. The van der Waals surface area contributed by atoms with Gasteiger partial charge in [-0.1, -0.05) is 86.3 Å². The van der Waals surface area contributed by atoms with E-state index in [1.807, 2.05) is 12.1 Å². The quantitative estimate of drug-likeness (QED) is 0.0913. The number of anilines is 4. The largest absolute Gasteiger partial charge is 0.411 e. The Morgan fingerprint density at radius 1 is 0.727 bits per heavy atom. The van der Waals surface area contributed by atoms with E-state index in [0.717, 1.165) is 61.3 Å². The molecule has 0 spiro atoms. The smallest absolute Gasteiger partial charge is 0.196 e. The maximum Gasteiger partial charge on any atom is 0.196 e. The third kappa shape index (κ3) is 6.09. The van der Waals surface area contributed by atoms with Crippen LogP contribution in [0.2, 0.25) is 10.0 Å². The van der Waals surface area contributed by atoms with E-state index in [-0.39, 0.29) is 5.78 Å². The molecule has 4 aromatic rings. The SMILES string of the molecule is CC=NO.CCCCN1c2ccccc2Cc2c1ccc(Cl)c2C(=O)c1c(Cl)ccc2c1Cc1ccccc1N2CCCC. The number of benzene rings is 4. The highest BCUT2D eigenvalue weighted by Crippen LogP contribution is 2.46. The zero-order valence-electron chi connectivity index (χ0n) is 25.6. The van der Waals surface area contributed by atoms with Crippen LogP contribution >= 0.6 is 23.2 Å². The fourth-order valence-electron chi connectivity index (χ4n) is 6.30. The Morgan fingerprint density at radius 3 is 1.52 bits per heavy atom. The molecule has 0 amide bonds. The van der Waals surface area contributed by atoms with Gasteiger partial charge in [0.05, 0.1) is 10.0 Å². The highest BCUT2D eigenvalue weighted by atomic mass is 35.5. The molecule has 0 unspecified atom stereocenters. The van der Waals surface area contributed by atoms with Gasteiger partial charge in [0.25, 0.3) is 0 Å². The third-order valence-corrected chi connectivity index (χ3v) is 9.03. The van der Waals surface area contributed by atoms with Crippen molar-refractivity contribution in [2.45, 2.75) is 59.3 Å². The van der Waals surface area contributed by atoms with Crippen LogP contribution in [0.1, 0.15) is 84.6 Å². The molecule has 0 aliphatic carbocycles. The maximum absolute atomic E-state index is 14.7. The molecule has 2 aliphatic rings. The molecule has 0 radical (unpaired) electrons. The molecule has 0 saturated carbocycles. The van der Waals surface area contributed by atoms with E-state index < -0.39 is 0 Å². The van der Waals surface area contributed by atoms with Gasteiger partial charge in [0, 0.05) is 66.0 Å². The van der Waals surface area contributed by atoms with Gasteiger partial charge in [-0.25, -0.2) is 0 Å². The lowest BCUT2D eigenvalue weighted by molar-refractivity contribution is 0.103. The molecule has 0 fully saturated rings. The highest BCUT2D eigenvalue weighted by Gasteiger charge is 2.33. The van der Waals surface area contributed by atoms with E-state index in [4.69, 9.17) is 28.4 Å². The van der Waals surface area contributed by atoms with Crippen LogP contribution in [0.3, 0.4) is 0 Å². The number of oxime groups is 1. The number of para-hydroxylation sites is 2. The average Bonchev–Trinajstić information content (AvgIpc) is 3.04. The van der Waals surface area contributed by atoms with Crippen molar-refractivity contribution >= 4 is 57.9 Å². The maximum atomic E-state index is 14.7. The second-order valence-corrected chi connectivity index (χ2v) is 12.0. The molecule has 6 rings (SSSR count). The molecule has 0 aromatic heterocycles. The molecule has 0 bridgehead atoms. The standard InChI is InChI=1S/C35H34Cl2N2O.C2H5NO/c1-3-5-19-38-29-13-9-7-11-23(29)21-25-31(38)17-15-27(36)33(25)35(40)34-26-22-24-12-8-10-14-30(24)39(20-6-4-2)32(26)18-16-28(34)37;1-2-3-4/h7-18H,3-6,19-22H2,1-2H3;2,4H,1H3. The molecule has 0 atom stereocenters. The van der Waals surface area contributed by atoms with E-state index in [0.29, 0.717) is 34.0 Å². The van der Waals surface area contributed by atoms with Crippen molar-refractivity contribution < 1.29 is 10.0 Å². The lowest BCUT2D eigenvalue weighted by atomic mass is 9.85. The zero-order chi connectivity index (χ0) is 31.2. The summed E-state index contributed by atoms with van der Waals surface area (Å²) in [6.07, 6.45) is 6.93. The summed E-state index contributed by atoms with van der Waals surface area (Å²) in [4.78, 5) is 19.4. The number of hydrogen-bond donors (Lipinski definition) is 1. The molecule has 0 saturated heterocycles. The Kier molecular flexibility index (Phi) is 10.3. The normalized spacial score (nSPS) is 13.0. The summed E-state index contributed by atoms with van der Waals surface area (Å²) in [7, 11) is 0. The van der Waals surface area contributed by atoms with E-state index in [9.17, 15) is 4.79 Å². The number of hydrogen-bond acceptors (Lipinski definition) is 5. The number of carbonyl (C=O) groups excluding carboxylic acids is 1. The summed E-state index contributed by atoms with van der Waals surface area (Å²) in [5.74, 6) is -0.0895. The van der Waals surface area contributed by atoms with Gasteiger partial charge >= 0.3 is 0 Å². The van der Waals surface area contributed by atoms with Crippen molar-refractivity contribution in [1.29, 1.82) is 0 Å². The molecule has 7 heteroatoms. The van der Waals surface area contributed by atoms with Gasteiger partial charge in [-0.2, -0.15) is 0 Å². The number of carbonyl (C=O) groups is 1. The van der Waals surface area contributed by atoms with Gasteiger partial charge in [-0.3, -0.25) is 4.79 Å². The number of nitrogens with zero attached hydrogens (tertiary/aromatic N) is 3. The van der Waals surface area contributed by atoms with E-state index in [1.54, 1.807) is 6.92 Å². The first kappa shape index (κ1) is 31.6. The van der Waals surface area contributed by atoms with Crippen LogP contribution in [0.15, 0.2) is 78.0 Å². The zero-order valence-corrected chi connectivity index (χ0v) is 27.1. The summed E-state index contributed by atoms with van der Waals surface area (Å²) < 4.78 is 0. The second-order valence-electron chi connectivity index (χ2n) is 11.2. The van der Waals surface area contributed by atoms with Crippen LogP contribution in [-0.4, -0.2) is 30.3 Å². The Bertz CT molecular complexity index is 1560. The first-order chi connectivity index (χ1) is 21.4. The Labute approximate surface area is 270 Å². The van der Waals surface area contributed by atoms with E-state index >= 15 is 0 Å². The van der Waals surface area contributed by atoms with Gasteiger partial charge in [-0.05, 0) is 78.4 Å². The molecule has 4 aromatic carbocycles. The fraction of sp³-hybridized carbons (Fsp3) is 0.297. The van der Waals surface area contributed by atoms with Crippen molar-refractivity contribution in [2.75, 3.05) is 22.9 Å². The van der Waals surface area contributed by atoms with Crippen molar-refractivity contribution in [2.24, 2.45) is 5.16 Å². The summed E-state index contributed by atoms with van der Waals surface area (Å²) in [6.45, 7) is 7.83. The number of rotatable bonds is 8. The topological polar surface area (TPSA) is 56.1 Å². The van der Waals surface area contributed by atoms with E-state index in [1.165, 1.54) is 28.7 Å². The molecular formula is C37H39Cl2N3O2. The van der Waals surface area contributed by atoms with Gasteiger partial charge in [0.15, 0.2) is 5.78 Å². The van der Waals surface area contributed by atoms with Crippen LogP contribution in [0.4, 0.5) is 22.7 Å². The van der Waals surface area contributed by atoms with Crippen molar-refractivity contribution in [3.05, 3.63) is 116 Å². The van der Waals surface area contributed by atoms with Crippen molar-refractivity contribution in [3.63, 3.8) is 0 Å². The molecule has 2 aliphatic heterocycles. The predicted octanol–water partition coefficient (Wildman–Crippen LogP) is 10.4. The number of halogens is 2. The summed E-state index contributed by atoms with van der Waals surface area (Å²) in [6, 6.07) is 24.9. The Hall–Kier alpha value is -3.80. The van der Waals surface area contributed by atoms with Gasteiger partial charge < -0.3 is 15.0 Å². The molecule has 1 N–H and O–H groups in total. The van der Waals surface area contributed by atoms with Gasteiger partial charge in [0.1, 0.15) is 0 Å². The number of fused-ring (bicyclic) bond motifs is 4. The highest BCUT2D eigenvalue weighted by molar-refractivity contribution is 6.39. The fourth-order valence-corrected chi connectivity index (χ4v) is 6.82. The molecule has 228 valence electrons. The Morgan fingerprint density at radius 2 is 1.14 bits per heavy atom. The third-order valence-electron chi connectivity index (χ3n) is 8.40. The predicted molar refractivity (Wildman–Crippen MR) is 185 cm³/mol. The molecular weight excluding hydrogens is 589 g/mol. The number of ketones is 1. The van der Waals surface area contributed by atoms with Gasteiger partial charge in [0.2, 0.25) is 0 Å².